The SMILES string of the molecule is CCOc1cc(NCc2ccccc2CO)ncn1. The maximum atomic E-state index is 9.26. The topological polar surface area (TPSA) is 67.3 Å². The molecule has 0 saturated carbocycles. The number of nitrogens with zero attached hydrogens (tertiary/aromatic N) is 2. The molecule has 1 heterocycles. The molecular weight excluding hydrogens is 242 g/mol. The molecule has 0 fully saturated rings. The summed E-state index contributed by atoms with van der Waals surface area (Å²) in [7, 11) is 0. The zero-order chi connectivity index (χ0) is 13.5. The summed E-state index contributed by atoms with van der Waals surface area (Å²) in [5, 5.41) is 12.4. The van der Waals surface area contributed by atoms with Gasteiger partial charge in [-0.15, -0.1) is 0 Å². The van der Waals surface area contributed by atoms with Crippen molar-refractivity contribution in [1.29, 1.82) is 0 Å². The quantitative estimate of drug-likeness (QED) is 0.830. The number of aromatic nitrogens is 2. The third-order valence-corrected chi connectivity index (χ3v) is 2.68. The molecule has 2 N–H and O–H groups in total. The minimum Gasteiger partial charge on any atom is -0.478 e. The molecule has 0 atom stereocenters. The molecule has 0 unspecified atom stereocenters. The number of aliphatic hydroxyl groups is 1. The molecule has 5 heteroatoms. The van der Waals surface area contributed by atoms with Crippen LogP contribution in [0.25, 0.3) is 0 Å². The van der Waals surface area contributed by atoms with Gasteiger partial charge in [0.05, 0.1) is 13.2 Å². The summed E-state index contributed by atoms with van der Waals surface area (Å²) >= 11 is 0. The average Bonchev–Trinajstić information content (AvgIpc) is 2.46. The minimum absolute atomic E-state index is 0.0336. The molecule has 2 aromatic rings. The van der Waals surface area contributed by atoms with Gasteiger partial charge >= 0.3 is 0 Å². The summed E-state index contributed by atoms with van der Waals surface area (Å²) in [5.74, 6) is 1.25. The zero-order valence-electron chi connectivity index (χ0n) is 10.8. The highest BCUT2D eigenvalue weighted by molar-refractivity contribution is 5.39. The van der Waals surface area contributed by atoms with E-state index in [1.54, 1.807) is 6.07 Å². The maximum Gasteiger partial charge on any atom is 0.218 e. The Balaban J connectivity index is 2.03. The maximum absolute atomic E-state index is 9.26. The van der Waals surface area contributed by atoms with Crippen molar-refractivity contribution in [2.75, 3.05) is 11.9 Å². The van der Waals surface area contributed by atoms with Crippen molar-refractivity contribution >= 4 is 5.82 Å². The molecule has 0 saturated heterocycles. The van der Waals surface area contributed by atoms with E-state index in [0.717, 1.165) is 11.1 Å². The van der Waals surface area contributed by atoms with Crippen molar-refractivity contribution in [1.82, 2.24) is 9.97 Å². The molecule has 19 heavy (non-hydrogen) atoms. The lowest BCUT2D eigenvalue weighted by molar-refractivity contribution is 0.280. The van der Waals surface area contributed by atoms with Crippen molar-refractivity contribution < 1.29 is 9.84 Å². The van der Waals surface area contributed by atoms with Gasteiger partial charge in [-0.1, -0.05) is 24.3 Å². The Morgan fingerprint density at radius 2 is 2.00 bits per heavy atom. The molecule has 2 rings (SSSR count). The lowest BCUT2D eigenvalue weighted by atomic mass is 10.1. The van der Waals surface area contributed by atoms with Gasteiger partial charge < -0.3 is 15.2 Å². The number of hydrogen-bond donors (Lipinski definition) is 2. The van der Waals surface area contributed by atoms with Gasteiger partial charge in [0.1, 0.15) is 12.1 Å². The average molecular weight is 259 g/mol. The highest BCUT2D eigenvalue weighted by Gasteiger charge is 2.02. The van der Waals surface area contributed by atoms with Gasteiger partial charge in [0, 0.05) is 12.6 Å². The van der Waals surface area contributed by atoms with Crippen LogP contribution in [0.2, 0.25) is 0 Å². The van der Waals surface area contributed by atoms with E-state index >= 15 is 0 Å². The number of hydrogen-bond acceptors (Lipinski definition) is 5. The second-order valence-electron chi connectivity index (χ2n) is 3.95. The van der Waals surface area contributed by atoms with Gasteiger partial charge in [0.2, 0.25) is 5.88 Å². The normalized spacial score (nSPS) is 10.2. The van der Waals surface area contributed by atoms with Crippen molar-refractivity contribution in [2.24, 2.45) is 0 Å². The number of nitrogens with one attached hydrogen (secondary N) is 1. The summed E-state index contributed by atoms with van der Waals surface area (Å²) in [5.41, 5.74) is 1.95. The highest BCUT2D eigenvalue weighted by Crippen LogP contribution is 2.14. The Morgan fingerprint density at radius 1 is 1.21 bits per heavy atom. The summed E-state index contributed by atoms with van der Waals surface area (Å²) in [4.78, 5) is 8.13. The molecule has 1 aromatic carbocycles. The first kappa shape index (κ1) is 13.3. The van der Waals surface area contributed by atoms with Crippen LogP contribution in [-0.4, -0.2) is 21.7 Å². The van der Waals surface area contributed by atoms with Crippen LogP contribution in [0.3, 0.4) is 0 Å². The van der Waals surface area contributed by atoms with Gasteiger partial charge in [-0.2, -0.15) is 0 Å². The Kier molecular flexibility index (Phi) is 4.69. The van der Waals surface area contributed by atoms with E-state index in [9.17, 15) is 5.11 Å². The molecule has 1 aromatic heterocycles. The largest absolute Gasteiger partial charge is 0.478 e. The van der Waals surface area contributed by atoms with Crippen molar-refractivity contribution in [3.63, 3.8) is 0 Å². The van der Waals surface area contributed by atoms with Crippen LogP contribution >= 0.6 is 0 Å². The van der Waals surface area contributed by atoms with Crippen molar-refractivity contribution in [2.45, 2.75) is 20.1 Å². The number of aliphatic hydroxyl groups excluding tert-OH is 1. The smallest absolute Gasteiger partial charge is 0.218 e. The Bertz CT molecular complexity index is 532. The van der Waals surface area contributed by atoms with E-state index in [-0.39, 0.29) is 6.61 Å². The molecule has 5 nitrogen and oxygen atoms in total. The fourth-order valence-electron chi connectivity index (χ4n) is 1.73. The molecule has 0 radical (unpaired) electrons. The molecule has 0 amide bonds. The summed E-state index contributed by atoms with van der Waals surface area (Å²) in [6, 6.07) is 9.49. The first-order chi connectivity index (χ1) is 9.33. The monoisotopic (exact) mass is 259 g/mol. The Morgan fingerprint density at radius 3 is 2.74 bits per heavy atom. The van der Waals surface area contributed by atoms with Crippen LogP contribution in [0.15, 0.2) is 36.7 Å². The van der Waals surface area contributed by atoms with Crippen LogP contribution in [0.1, 0.15) is 18.1 Å². The van der Waals surface area contributed by atoms with Crippen LogP contribution in [0.4, 0.5) is 5.82 Å². The van der Waals surface area contributed by atoms with E-state index in [2.05, 4.69) is 15.3 Å². The Hall–Kier alpha value is -2.14. The molecule has 0 aliphatic heterocycles. The Labute approximate surface area is 112 Å². The minimum atomic E-state index is 0.0336. The number of rotatable bonds is 6. The molecular formula is C14H17N3O2. The highest BCUT2D eigenvalue weighted by atomic mass is 16.5. The summed E-state index contributed by atoms with van der Waals surface area (Å²) in [6.07, 6.45) is 1.46. The van der Waals surface area contributed by atoms with E-state index in [1.165, 1.54) is 6.33 Å². The first-order valence-electron chi connectivity index (χ1n) is 6.20. The van der Waals surface area contributed by atoms with Crippen molar-refractivity contribution in [3.8, 4) is 5.88 Å². The molecule has 0 bridgehead atoms. The first-order valence-corrected chi connectivity index (χ1v) is 6.20. The van der Waals surface area contributed by atoms with E-state index in [0.29, 0.717) is 24.8 Å². The third kappa shape index (κ3) is 3.66. The predicted octanol–water partition coefficient (Wildman–Crippen LogP) is 1.98. The van der Waals surface area contributed by atoms with Gasteiger partial charge in [0.25, 0.3) is 0 Å². The van der Waals surface area contributed by atoms with Gasteiger partial charge in [-0.3, -0.25) is 0 Å². The third-order valence-electron chi connectivity index (χ3n) is 2.68. The molecule has 0 spiro atoms. The molecule has 100 valence electrons. The van der Waals surface area contributed by atoms with Crippen molar-refractivity contribution in [3.05, 3.63) is 47.8 Å². The number of ether oxygens (including phenoxy) is 1. The van der Waals surface area contributed by atoms with E-state index < -0.39 is 0 Å². The fraction of sp³-hybridized carbons (Fsp3) is 0.286. The lowest BCUT2D eigenvalue weighted by Gasteiger charge is -2.10. The van der Waals surface area contributed by atoms with Gasteiger partial charge in [0.15, 0.2) is 0 Å². The van der Waals surface area contributed by atoms with Crippen LogP contribution in [0, 0.1) is 0 Å². The summed E-state index contributed by atoms with van der Waals surface area (Å²) < 4.78 is 5.31. The molecule has 0 aliphatic carbocycles. The van der Waals surface area contributed by atoms with Gasteiger partial charge in [-0.25, -0.2) is 9.97 Å². The second-order valence-corrected chi connectivity index (χ2v) is 3.95. The van der Waals surface area contributed by atoms with Gasteiger partial charge in [-0.05, 0) is 18.1 Å². The van der Waals surface area contributed by atoms with E-state index in [1.807, 2.05) is 31.2 Å². The summed E-state index contributed by atoms with van der Waals surface area (Å²) in [6.45, 7) is 3.11. The molecule has 0 aliphatic rings. The van der Waals surface area contributed by atoms with Crippen LogP contribution in [0.5, 0.6) is 5.88 Å². The predicted molar refractivity (Wildman–Crippen MR) is 72.9 cm³/mol. The zero-order valence-corrected chi connectivity index (χ0v) is 10.8. The second kappa shape index (κ2) is 6.70. The van der Waals surface area contributed by atoms with Crippen LogP contribution < -0.4 is 10.1 Å². The fourth-order valence-corrected chi connectivity index (χ4v) is 1.73. The van der Waals surface area contributed by atoms with E-state index in [4.69, 9.17) is 4.74 Å². The number of anilines is 1. The lowest BCUT2D eigenvalue weighted by Crippen LogP contribution is -2.05. The van der Waals surface area contributed by atoms with Crippen LogP contribution in [-0.2, 0) is 13.2 Å². The number of benzene rings is 1. The standard InChI is InChI=1S/C14H17N3O2/c1-2-19-14-7-13(16-10-17-14)15-8-11-5-3-4-6-12(11)9-18/h3-7,10,18H,2,8-9H2,1H3,(H,15,16,17).